The van der Waals surface area contributed by atoms with Gasteiger partial charge in [0.1, 0.15) is 0 Å². The monoisotopic (exact) mass is 290 g/mol. The fourth-order valence-electron chi connectivity index (χ4n) is 5.70. The summed E-state index contributed by atoms with van der Waals surface area (Å²) in [7, 11) is 0. The lowest BCUT2D eigenvalue weighted by atomic mass is 9.45. The maximum Gasteiger partial charge on any atom is 0.0653 e. The molecule has 0 spiro atoms. The Bertz CT molecular complexity index is 418. The minimum Gasteiger partial charge on any atom is -0.390 e. The summed E-state index contributed by atoms with van der Waals surface area (Å²) in [6.45, 7) is 17.3. The number of hydrogen-bond donors (Lipinski definition) is 1. The highest BCUT2D eigenvalue weighted by molar-refractivity contribution is 5.13. The van der Waals surface area contributed by atoms with Crippen LogP contribution in [0, 0.1) is 22.7 Å². The number of fused-ring (bicyclic) bond motifs is 1. The maximum absolute atomic E-state index is 11.0. The number of hydrogen-bond acceptors (Lipinski definition) is 1. The molecule has 2 fully saturated rings. The Labute approximate surface area is 131 Å². The second-order valence-electron chi connectivity index (χ2n) is 8.75. The fourth-order valence-corrected chi connectivity index (χ4v) is 5.70. The van der Waals surface area contributed by atoms with Crippen molar-refractivity contribution in [3.05, 3.63) is 24.8 Å². The molecule has 0 aromatic carbocycles. The van der Waals surface area contributed by atoms with Gasteiger partial charge in [0.2, 0.25) is 0 Å². The molecule has 1 nitrogen and oxygen atoms in total. The Kier molecular flexibility index (Phi) is 4.46. The van der Waals surface area contributed by atoms with Crippen molar-refractivity contribution in [2.45, 2.75) is 78.2 Å². The molecule has 0 aromatic rings. The van der Waals surface area contributed by atoms with Crippen LogP contribution < -0.4 is 0 Å². The van der Waals surface area contributed by atoms with Crippen molar-refractivity contribution >= 4 is 0 Å². The van der Waals surface area contributed by atoms with E-state index >= 15 is 0 Å². The van der Waals surface area contributed by atoms with Crippen LogP contribution in [0.15, 0.2) is 24.8 Å². The lowest BCUT2D eigenvalue weighted by molar-refractivity contribution is -0.168. The first-order valence-electron chi connectivity index (χ1n) is 8.66. The zero-order valence-electron chi connectivity index (χ0n) is 14.5. The molecule has 2 saturated carbocycles. The molecule has 0 saturated heterocycles. The first-order chi connectivity index (χ1) is 9.63. The molecule has 0 aromatic heterocycles. The van der Waals surface area contributed by atoms with Gasteiger partial charge in [0.15, 0.2) is 0 Å². The molecule has 0 radical (unpaired) electrons. The number of allylic oxidation sites excluding steroid dienone is 2. The van der Waals surface area contributed by atoms with Gasteiger partial charge in [-0.25, -0.2) is 0 Å². The zero-order valence-corrected chi connectivity index (χ0v) is 14.5. The summed E-state index contributed by atoms with van der Waals surface area (Å²) in [5.74, 6) is 1.11. The van der Waals surface area contributed by atoms with Crippen molar-refractivity contribution in [2.24, 2.45) is 22.7 Å². The van der Waals surface area contributed by atoms with Crippen molar-refractivity contribution in [3.63, 3.8) is 0 Å². The largest absolute Gasteiger partial charge is 0.390 e. The van der Waals surface area contributed by atoms with E-state index in [0.717, 1.165) is 30.8 Å². The van der Waals surface area contributed by atoms with Crippen LogP contribution in [0.5, 0.6) is 0 Å². The molecule has 0 bridgehead atoms. The van der Waals surface area contributed by atoms with Crippen LogP contribution >= 0.6 is 0 Å². The van der Waals surface area contributed by atoms with Crippen LogP contribution in [0.4, 0.5) is 0 Å². The van der Waals surface area contributed by atoms with Crippen LogP contribution in [0.3, 0.4) is 0 Å². The summed E-state index contributed by atoms with van der Waals surface area (Å²) in [4.78, 5) is 0. The second-order valence-corrected chi connectivity index (χ2v) is 8.75. The van der Waals surface area contributed by atoms with E-state index in [9.17, 15) is 5.11 Å². The highest BCUT2D eigenvalue weighted by Gasteiger charge is 2.57. The number of rotatable bonds is 4. The minimum absolute atomic E-state index is 0.269. The molecular formula is C20H34O. The van der Waals surface area contributed by atoms with Crippen molar-refractivity contribution in [1.29, 1.82) is 0 Å². The van der Waals surface area contributed by atoms with Gasteiger partial charge in [0, 0.05) is 0 Å². The Morgan fingerprint density at radius 1 is 1.19 bits per heavy atom. The van der Waals surface area contributed by atoms with Crippen molar-refractivity contribution < 1.29 is 5.11 Å². The van der Waals surface area contributed by atoms with E-state index in [4.69, 9.17) is 0 Å². The van der Waals surface area contributed by atoms with Gasteiger partial charge in [-0.3, -0.25) is 0 Å². The van der Waals surface area contributed by atoms with Crippen LogP contribution in [-0.4, -0.2) is 10.7 Å². The molecule has 2 aliphatic rings. The summed E-state index contributed by atoms with van der Waals surface area (Å²) >= 11 is 0. The van der Waals surface area contributed by atoms with Crippen molar-refractivity contribution in [3.8, 4) is 0 Å². The first-order valence-corrected chi connectivity index (χ1v) is 8.66. The molecule has 0 amide bonds. The third-order valence-electron chi connectivity index (χ3n) is 6.80. The average molecular weight is 290 g/mol. The topological polar surface area (TPSA) is 20.2 Å². The zero-order chi connectivity index (χ0) is 15.9. The van der Waals surface area contributed by atoms with E-state index in [-0.39, 0.29) is 5.41 Å². The summed E-state index contributed by atoms with van der Waals surface area (Å²) in [5, 5.41) is 11.0. The van der Waals surface area contributed by atoms with E-state index in [1.807, 2.05) is 6.08 Å². The summed E-state index contributed by atoms with van der Waals surface area (Å²) in [6, 6.07) is 0. The summed E-state index contributed by atoms with van der Waals surface area (Å²) < 4.78 is 0. The van der Waals surface area contributed by atoms with Gasteiger partial charge >= 0.3 is 0 Å². The lowest BCUT2D eigenvalue weighted by Crippen LogP contribution is -2.57. The first kappa shape index (κ1) is 16.8. The molecule has 0 heterocycles. The Hall–Kier alpha value is -0.560. The predicted octanol–water partition coefficient (Wildman–Crippen LogP) is 5.50. The smallest absolute Gasteiger partial charge is 0.0653 e. The quantitative estimate of drug-likeness (QED) is 0.678. The summed E-state index contributed by atoms with van der Waals surface area (Å²) in [6.07, 6.45) is 9.90. The fraction of sp³-hybridized carbons (Fsp3) is 0.800. The van der Waals surface area contributed by atoms with Gasteiger partial charge in [0.25, 0.3) is 0 Å². The summed E-state index contributed by atoms with van der Waals surface area (Å²) in [5.41, 5.74) is 1.26. The van der Waals surface area contributed by atoms with Crippen LogP contribution in [0.25, 0.3) is 0 Å². The predicted molar refractivity (Wildman–Crippen MR) is 91.1 cm³/mol. The van der Waals surface area contributed by atoms with E-state index < -0.39 is 5.60 Å². The minimum atomic E-state index is -0.528. The molecule has 120 valence electrons. The van der Waals surface area contributed by atoms with Crippen molar-refractivity contribution in [2.75, 3.05) is 0 Å². The van der Waals surface area contributed by atoms with Crippen LogP contribution in [0.1, 0.15) is 72.6 Å². The molecule has 1 N–H and O–H groups in total. The lowest BCUT2D eigenvalue weighted by Gasteiger charge is -2.61. The van der Waals surface area contributed by atoms with Gasteiger partial charge in [-0.1, -0.05) is 52.0 Å². The van der Waals surface area contributed by atoms with Gasteiger partial charge in [-0.15, -0.1) is 0 Å². The van der Waals surface area contributed by atoms with E-state index in [1.54, 1.807) is 0 Å². The van der Waals surface area contributed by atoms with Gasteiger partial charge < -0.3 is 5.11 Å². The standard InChI is InChI=1S/C20H34O/c1-7-15(2)9-10-17-19(5)13-8-12-18(3,4)16(19)11-14-20(17,6)21/h7,16-17,21H,1-2,8-14H2,3-6H3/t16-,17+,19+,20-/m1/s1. The van der Waals surface area contributed by atoms with Crippen LogP contribution in [0.2, 0.25) is 0 Å². The maximum atomic E-state index is 11.0. The van der Waals surface area contributed by atoms with Gasteiger partial charge in [-0.2, -0.15) is 0 Å². The molecule has 2 aliphatic carbocycles. The average Bonchev–Trinajstić information content (AvgIpc) is 2.35. The van der Waals surface area contributed by atoms with Gasteiger partial charge in [0.05, 0.1) is 5.60 Å². The molecule has 21 heavy (non-hydrogen) atoms. The molecular weight excluding hydrogens is 256 g/mol. The Balaban J connectivity index is 2.28. The molecule has 0 unspecified atom stereocenters. The SMILES string of the molecule is C=CC(=C)CC[C@H]1[C@@]2(C)CCCC(C)(C)[C@H]2CC[C@@]1(C)O. The second kappa shape index (κ2) is 5.57. The Morgan fingerprint density at radius 3 is 2.48 bits per heavy atom. The molecule has 2 rings (SSSR count). The van der Waals surface area contributed by atoms with E-state index in [0.29, 0.717) is 11.3 Å². The molecule has 1 heteroatoms. The normalized spacial score (nSPS) is 42.1. The van der Waals surface area contributed by atoms with Crippen molar-refractivity contribution in [1.82, 2.24) is 0 Å². The highest BCUT2D eigenvalue weighted by Crippen LogP contribution is 2.62. The third kappa shape index (κ3) is 2.99. The third-order valence-corrected chi connectivity index (χ3v) is 6.80. The molecule has 4 atom stereocenters. The van der Waals surface area contributed by atoms with E-state index in [1.165, 1.54) is 25.7 Å². The number of aliphatic hydroxyl groups is 1. The van der Waals surface area contributed by atoms with Crippen LogP contribution in [-0.2, 0) is 0 Å². The molecule has 0 aliphatic heterocycles. The highest BCUT2D eigenvalue weighted by atomic mass is 16.3. The van der Waals surface area contributed by atoms with E-state index in [2.05, 4.69) is 40.9 Å². The van der Waals surface area contributed by atoms with Gasteiger partial charge in [-0.05, 0) is 68.1 Å². The Morgan fingerprint density at radius 2 is 1.86 bits per heavy atom.